The number of hydrogen-bond donors (Lipinski definition) is 2. The average molecular weight is 451 g/mol. The summed E-state index contributed by atoms with van der Waals surface area (Å²) in [5, 5.41) is 5.76. The Balaban J connectivity index is 1.32. The first kappa shape index (κ1) is 22.8. The highest BCUT2D eigenvalue weighted by molar-refractivity contribution is 6.05. The third kappa shape index (κ3) is 6.81. The molecule has 2 N–H and O–H groups in total. The lowest BCUT2D eigenvalue weighted by Crippen LogP contribution is -2.15. The highest BCUT2D eigenvalue weighted by Crippen LogP contribution is 2.19. The smallest absolute Gasteiger partial charge is 0.255 e. The molecule has 0 radical (unpaired) electrons. The lowest BCUT2D eigenvalue weighted by Gasteiger charge is -2.10. The average Bonchev–Trinajstić information content (AvgIpc) is 2.86. The number of carbonyl (C=O) groups is 2. The molecular formula is C29H26N2O3. The first-order chi connectivity index (χ1) is 16.7. The van der Waals surface area contributed by atoms with Gasteiger partial charge in [-0.15, -0.1) is 0 Å². The van der Waals surface area contributed by atoms with E-state index in [1.54, 1.807) is 42.5 Å². The Labute approximate surface area is 199 Å². The van der Waals surface area contributed by atoms with Crippen LogP contribution >= 0.6 is 0 Å². The van der Waals surface area contributed by atoms with E-state index in [2.05, 4.69) is 22.8 Å². The van der Waals surface area contributed by atoms with Crippen LogP contribution in [0.1, 0.15) is 21.5 Å². The molecule has 4 aromatic rings. The molecule has 2 amide bonds. The van der Waals surface area contributed by atoms with E-state index in [0.717, 1.165) is 12.0 Å². The second-order valence-electron chi connectivity index (χ2n) is 7.86. The lowest BCUT2D eigenvalue weighted by atomic mass is 10.1. The van der Waals surface area contributed by atoms with E-state index >= 15 is 0 Å². The number of benzene rings is 4. The summed E-state index contributed by atoms with van der Waals surface area (Å²) in [7, 11) is 0. The fraction of sp³-hybridized carbons (Fsp3) is 0.103. The molecule has 170 valence electrons. The van der Waals surface area contributed by atoms with Crippen LogP contribution < -0.4 is 15.4 Å². The lowest BCUT2D eigenvalue weighted by molar-refractivity contribution is -0.115. The molecule has 34 heavy (non-hydrogen) atoms. The Hall–Kier alpha value is -4.38. The quantitative estimate of drug-likeness (QED) is 0.342. The summed E-state index contributed by atoms with van der Waals surface area (Å²) in [6.07, 6.45) is 1.08. The zero-order valence-electron chi connectivity index (χ0n) is 18.7. The van der Waals surface area contributed by atoms with Crippen molar-refractivity contribution in [3.8, 4) is 5.75 Å². The molecule has 0 atom stereocenters. The van der Waals surface area contributed by atoms with Crippen LogP contribution in [0.15, 0.2) is 109 Å². The van der Waals surface area contributed by atoms with E-state index in [1.807, 2.05) is 54.6 Å². The van der Waals surface area contributed by atoms with E-state index in [4.69, 9.17) is 4.74 Å². The van der Waals surface area contributed by atoms with Gasteiger partial charge in [0.2, 0.25) is 5.91 Å². The first-order valence-electron chi connectivity index (χ1n) is 11.2. The molecule has 5 nitrogen and oxygen atoms in total. The van der Waals surface area contributed by atoms with Gasteiger partial charge in [-0.2, -0.15) is 0 Å². The molecule has 0 aliphatic rings. The second kappa shape index (κ2) is 11.5. The zero-order valence-corrected chi connectivity index (χ0v) is 18.7. The van der Waals surface area contributed by atoms with Gasteiger partial charge in [0, 0.05) is 23.4 Å². The van der Waals surface area contributed by atoms with E-state index in [9.17, 15) is 9.59 Å². The largest absolute Gasteiger partial charge is 0.493 e. The fourth-order valence-corrected chi connectivity index (χ4v) is 3.52. The Morgan fingerprint density at radius 3 is 2.03 bits per heavy atom. The van der Waals surface area contributed by atoms with Gasteiger partial charge in [0.25, 0.3) is 5.91 Å². The summed E-state index contributed by atoms with van der Waals surface area (Å²) in [5.41, 5.74) is 3.85. The Kier molecular flexibility index (Phi) is 7.70. The van der Waals surface area contributed by atoms with E-state index < -0.39 is 0 Å². The van der Waals surface area contributed by atoms with Crippen molar-refractivity contribution in [3.05, 3.63) is 126 Å². The van der Waals surface area contributed by atoms with Gasteiger partial charge < -0.3 is 15.4 Å². The predicted octanol–water partition coefficient (Wildman–Crippen LogP) is 5.74. The van der Waals surface area contributed by atoms with Crippen molar-refractivity contribution < 1.29 is 14.3 Å². The third-order valence-electron chi connectivity index (χ3n) is 5.21. The van der Waals surface area contributed by atoms with Crippen molar-refractivity contribution in [2.45, 2.75) is 12.8 Å². The predicted molar refractivity (Wildman–Crippen MR) is 135 cm³/mol. The maximum Gasteiger partial charge on any atom is 0.255 e. The number of amides is 2. The van der Waals surface area contributed by atoms with Gasteiger partial charge in [0.05, 0.1) is 13.0 Å². The standard InChI is InChI=1S/C29H26N2O3/c32-28(19-23-11-5-2-6-12-23)30-25-14-8-15-26(21-25)31-29(33)24-13-7-16-27(20-24)34-18-17-22-9-3-1-4-10-22/h1-16,20-21H,17-19H2,(H,30,32)(H,31,33). The van der Waals surface area contributed by atoms with Crippen LogP contribution in [0, 0.1) is 0 Å². The van der Waals surface area contributed by atoms with Gasteiger partial charge in [-0.3, -0.25) is 9.59 Å². The normalized spacial score (nSPS) is 10.4. The fourth-order valence-electron chi connectivity index (χ4n) is 3.52. The van der Waals surface area contributed by atoms with Crippen molar-refractivity contribution in [3.63, 3.8) is 0 Å². The molecule has 4 aromatic carbocycles. The summed E-state index contributed by atoms with van der Waals surface area (Å²) < 4.78 is 5.84. The van der Waals surface area contributed by atoms with Crippen LogP contribution in [0.4, 0.5) is 11.4 Å². The Morgan fingerprint density at radius 2 is 1.29 bits per heavy atom. The van der Waals surface area contributed by atoms with Gasteiger partial charge in [0.1, 0.15) is 5.75 Å². The molecule has 0 saturated heterocycles. The number of hydrogen-bond acceptors (Lipinski definition) is 3. The van der Waals surface area contributed by atoms with E-state index in [-0.39, 0.29) is 18.2 Å². The minimum atomic E-state index is -0.249. The maximum atomic E-state index is 12.8. The molecule has 4 rings (SSSR count). The number of carbonyl (C=O) groups excluding carboxylic acids is 2. The minimum absolute atomic E-state index is 0.116. The van der Waals surface area contributed by atoms with Crippen LogP contribution in [0.5, 0.6) is 5.75 Å². The molecule has 0 unspecified atom stereocenters. The minimum Gasteiger partial charge on any atom is -0.493 e. The molecule has 0 fully saturated rings. The highest BCUT2D eigenvalue weighted by Gasteiger charge is 2.09. The van der Waals surface area contributed by atoms with E-state index in [0.29, 0.717) is 29.3 Å². The SMILES string of the molecule is O=C(Cc1ccccc1)Nc1cccc(NC(=O)c2cccc(OCCc3ccccc3)c2)c1. The topological polar surface area (TPSA) is 67.4 Å². The number of anilines is 2. The van der Waals surface area contributed by atoms with Crippen molar-refractivity contribution in [2.24, 2.45) is 0 Å². The molecule has 0 heterocycles. The van der Waals surface area contributed by atoms with Crippen LogP contribution in [-0.2, 0) is 17.6 Å². The van der Waals surface area contributed by atoms with Crippen LogP contribution in [0.2, 0.25) is 0 Å². The molecule has 0 spiro atoms. The van der Waals surface area contributed by atoms with Crippen molar-refractivity contribution in [2.75, 3.05) is 17.2 Å². The summed E-state index contributed by atoms with van der Waals surface area (Å²) in [6, 6.07) is 33.9. The third-order valence-corrected chi connectivity index (χ3v) is 5.21. The van der Waals surface area contributed by atoms with Gasteiger partial charge in [-0.1, -0.05) is 72.8 Å². The second-order valence-corrected chi connectivity index (χ2v) is 7.86. The molecule has 0 aliphatic carbocycles. The van der Waals surface area contributed by atoms with Gasteiger partial charge in [0.15, 0.2) is 0 Å². The first-order valence-corrected chi connectivity index (χ1v) is 11.2. The molecule has 0 aromatic heterocycles. The van der Waals surface area contributed by atoms with Crippen LogP contribution in [0.3, 0.4) is 0 Å². The van der Waals surface area contributed by atoms with Crippen molar-refractivity contribution in [1.82, 2.24) is 0 Å². The monoisotopic (exact) mass is 450 g/mol. The van der Waals surface area contributed by atoms with E-state index in [1.165, 1.54) is 5.56 Å². The number of ether oxygens (including phenoxy) is 1. The summed E-state index contributed by atoms with van der Waals surface area (Å²) in [5.74, 6) is 0.279. The van der Waals surface area contributed by atoms with Crippen molar-refractivity contribution >= 4 is 23.2 Å². The van der Waals surface area contributed by atoms with Crippen LogP contribution in [0.25, 0.3) is 0 Å². The zero-order chi connectivity index (χ0) is 23.6. The maximum absolute atomic E-state index is 12.8. The Bertz CT molecular complexity index is 1240. The van der Waals surface area contributed by atoms with Gasteiger partial charge in [-0.05, 0) is 47.5 Å². The van der Waals surface area contributed by atoms with Gasteiger partial charge in [-0.25, -0.2) is 0 Å². The summed E-state index contributed by atoms with van der Waals surface area (Å²) in [4.78, 5) is 25.1. The highest BCUT2D eigenvalue weighted by atomic mass is 16.5. The molecular weight excluding hydrogens is 424 g/mol. The molecule has 0 saturated carbocycles. The van der Waals surface area contributed by atoms with Crippen molar-refractivity contribution in [1.29, 1.82) is 0 Å². The molecule has 0 aliphatic heterocycles. The van der Waals surface area contributed by atoms with Gasteiger partial charge >= 0.3 is 0 Å². The summed E-state index contributed by atoms with van der Waals surface area (Å²) in [6.45, 7) is 0.528. The van der Waals surface area contributed by atoms with Crippen LogP contribution in [-0.4, -0.2) is 18.4 Å². The summed E-state index contributed by atoms with van der Waals surface area (Å²) >= 11 is 0. The molecule has 5 heteroatoms. The Morgan fingerprint density at radius 1 is 0.647 bits per heavy atom. The number of nitrogens with one attached hydrogen (secondary N) is 2. The molecule has 0 bridgehead atoms. The number of rotatable bonds is 9.